The minimum Gasteiger partial charge on any atom is -0.394 e. The summed E-state index contributed by atoms with van der Waals surface area (Å²) in [5.41, 5.74) is 0.0852. The highest BCUT2D eigenvalue weighted by molar-refractivity contribution is 6.34. The van der Waals surface area contributed by atoms with Crippen molar-refractivity contribution in [3.8, 4) is 0 Å². The van der Waals surface area contributed by atoms with E-state index in [2.05, 4.69) is 13.2 Å². The molecule has 2 aromatic carbocycles. The number of aliphatic hydroxyl groups is 1. The van der Waals surface area contributed by atoms with Crippen LogP contribution in [0.1, 0.15) is 51.2 Å². The largest absolute Gasteiger partial charge is 0.394 e. The lowest BCUT2D eigenvalue weighted by Gasteiger charge is -2.41. The van der Waals surface area contributed by atoms with E-state index in [4.69, 9.17) is 16.3 Å². The first-order chi connectivity index (χ1) is 22.0. The van der Waals surface area contributed by atoms with Crippen LogP contribution < -0.4 is 4.90 Å². The summed E-state index contributed by atoms with van der Waals surface area (Å²) in [4.78, 5) is 49.4. The van der Waals surface area contributed by atoms with Crippen molar-refractivity contribution in [1.82, 2.24) is 9.80 Å². The van der Waals surface area contributed by atoms with Crippen molar-refractivity contribution in [1.29, 1.82) is 0 Å². The number of halogens is 1. The highest BCUT2D eigenvalue weighted by Crippen LogP contribution is 2.64. The van der Waals surface area contributed by atoms with E-state index in [9.17, 15) is 14.7 Å². The Morgan fingerprint density at radius 2 is 1.80 bits per heavy atom. The summed E-state index contributed by atoms with van der Waals surface area (Å²) in [6, 6.07) is 13.4. The molecule has 46 heavy (non-hydrogen) atoms. The lowest BCUT2D eigenvalue weighted by Crippen LogP contribution is -2.60. The fourth-order valence-electron chi connectivity index (χ4n) is 8.11. The van der Waals surface area contributed by atoms with Gasteiger partial charge in [0, 0.05) is 19.6 Å². The van der Waals surface area contributed by atoms with E-state index in [-0.39, 0.29) is 36.8 Å². The molecule has 3 fully saturated rings. The van der Waals surface area contributed by atoms with Gasteiger partial charge in [-0.05, 0) is 49.8 Å². The van der Waals surface area contributed by atoms with Crippen molar-refractivity contribution in [3.05, 3.63) is 90.0 Å². The molecule has 3 amide bonds. The lowest BCUT2D eigenvalue weighted by molar-refractivity contribution is -0.153. The number of likely N-dealkylation sites (tertiary alicyclic amines) is 1. The zero-order valence-corrected chi connectivity index (χ0v) is 28.1. The molecule has 2 bridgehead atoms. The topological polar surface area (TPSA) is 90.4 Å². The molecule has 9 heteroatoms. The number of aliphatic hydroxyl groups excluding tert-OH is 1. The van der Waals surface area contributed by atoms with Crippen molar-refractivity contribution in [2.45, 2.75) is 76.8 Å². The maximum absolute atomic E-state index is 15.1. The van der Waals surface area contributed by atoms with Gasteiger partial charge in [-0.15, -0.1) is 13.2 Å². The van der Waals surface area contributed by atoms with E-state index in [1.54, 1.807) is 32.9 Å². The van der Waals surface area contributed by atoms with Crippen LogP contribution in [0.15, 0.2) is 73.8 Å². The molecular formula is C37H46ClN3O5. The normalized spacial score (nSPS) is 27.7. The fourth-order valence-corrected chi connectivity index (χ4v) is 8.44. The predicted molar refractivity (Wildman–Crippen MR) is 180 cm³/mol. The fraction of sp³-hybridized carbons (Fsp3) is 0.486. The number of hydrogen-bond acceptors (Lipinski definition) is 5. The number of hydrogen-bond donors (Lipinski definition) is 1. The van der Waals surface area contributed by atoms with E-state index in [0.717, 1.165) is 11.1 Å². The molecule has 3 heterocycles. The van der Waals surface area contributed by atoms with Crippen LogP contribution in [0.5, 0.6) is 0 Å². The Morgan fingerprint density at radius 3 is 2.41 bits per heavy atom. The van der Waals surface area contributed by atoms with E-state index in [1.807, 2.05) is 70.2 Å². The molecule has 1 spiro atoms. The van der Waals surface area contributed by atoms with Gasteiger partial charge in [-0.25, -0.2) is 0 Å². The quantitative estimate of drug-likeness (QED) is 0.288. The van der Waals surface area contributed by atoms with Gasteiger partial charge in [0.1, 0.15) is 11.6 Å². The Hall–Kier alpha value is -3.46. The summed E-state index contributed by atoms with van der Waals surface area (Å²) in [5, 5.41) is 11.1. The molecule has 1 N–H and O–H groups in total. The van der Waals surface area contributed by atoms with Crippen molar-refractivity contribution >= 4 is 35.0 Å². The van der Waals surface area contributed by atoms with Gasteiger partial charge in [-0.1, -0.05) is 86.5 Å². The molecule has 0 aliphatic carbocycles. The Labute approximate surface area is 277 Å². The van der Waals surface area contributed by atoms with Crippen LogP contribution in [-0.2, 0) is 25.7 Å². The van der Waals surface area contributed by atoms with Crippen molar-refractivity contribution in [2.75, 3.05) is 24.6 Å². The first kappa shape index (κ1) is 33.9. The molecule has 0 aromatic heterocycles. The number of para-hydroxylation sites is 1. The van der Waals surface area contributed by atoms with Gasteiger partial charge in [0.05, 0.1) is 40.8 Å². The summed E-state index contributed by atoms with van der Waals surface area (Å²) in [5.74, 6) is -2.72. The van der Waals surface area contributed by atoms with Crippen LogP contribution in [-0.4, -0.2) is 75.6 Å². The third kappa shape index (κ3) is 5.48. The molecule has 3 aliphatic rings. The molecule has 7 atom stereocenters. The molecule has 3 aliphatic heterocycles. The van der Waals surface area contributed by atoms with E-state index >= 15 is 4.79 Å². The number of carbonyl (C=O) groups excluding carboxylic acids is 3. The van der Waals surface area contributed by atoms with Gasteiger partial charge in [0.2, 0.25) is 11.8 Å². The number of aryl methyl sites for hydroxylation is 1. The van der Waals surface area contributed by atoms with Gasteiger partial charge in [0.25, 0.3) is 5.91 Å². The molecule has 246 valence electrons. The maximum atomic E-state index is 15.1. The average Bonchev–Trinajstić information content (AvgIpc) is 3.61. The Kier molecular flexibility index (Phi) is 9.83. The minimum atomic E-state index is -1.26. The average molecular weight is 648 g/mol. The highest BCUT2D eigenvalue weighted by Gasteiger charge is 2.79. The number of benzene rings is 2. The third-order valence-corrected chi connectivity index (χ3v) is 10.8. The van der Waals surface area contributed by atoms with Crippen LogP contribution >= 0.6 is 11.6 Å². The smallest absolute Gasteiger partial charge is 0.253 e. The summed E-state index contributed by atoms with van der Waals surface area (Å²) < 4.78 is 6.93. The molecule has 8 nitrogen and oxygen atoms in total. The highest BCUT2D eigenvalue weighted by atomic mass is 35.5. The van der Waals surface area contributed by atoms with E-state index in [1.165, 1.54) is 0 Å². The van der Waals surface area contributed by atoms with Gasteiger partial charge in [-0.3, -0.25) is 14.4 Å². The van der Waals surface area contributed by atoms with Crippen LogP contribution in [0.3, 0.4) is 0 Å². The van der Waals surface area contributed by atoms with Crippen LogP contribution in [0.25, 0.3) is 0 Å². The number of amides is 3. The number of anilines is 1. The summed E-state index contributed by atoms with van der Waals surface area (Å²) >= 11 is 6.71. The standard InChI is InChI=1S/C37H46ClN3O5/c1-7-20-39(22-26-15-11-10-12-16-26)33(43)29-30-34(44)41(28(23-42)24(4)9-3)32(37(30)19-18-36(29,6)46-37)35(45)40(21-8-2)31-25(5)14-13-17-27(31)38/h7-8,10-17,24,28-30,32,42H,1-2,9,18-23H2,3-6H3/t24-,28-,29+,30-,32?,36-,37?/m0/s1. The van der Waals surface area contributed by atoms with Gasteiger partial charge < -0.3 is 24.5 Å². The van der Waals surface area contributed by atoms with Gasteiger partial charge in [-0.2, -0.15) is 0 Å². The SMILES string of the molecule is C=CCN(Cc1ccccc1)C(=O)[C@H]1[C@H]2C(=O)N([C@@H](CO)[C@@H](C)CC)C(C(=O)N(CC=C)c3c(C)cccc3Cl)C23CC[C@]1(C)O3. The monoisotopic (exact) mass is 647 g/mol. The second-order valence-corrected chi connectivity index (χ2v) is 13.7. The Balaban J connectivity index is 1.64. The number of rotatable bonds is 13. The van der Waals surface area contributed by atoms with E-state index in [0.29, 0.717) is 43.1 Å². The molecular weight excluding hydrogens is 602 g/mol. The second-order valence-electron chi connectivity index (χ2n) is 13.2. The van der Waals surface area contributed by atoms with Crippen LogP contribution in [0.4, 0.5) is 5.69 Å². The molecule has 0 radical (unpaired) electrons. The zero-order valence-electron chi connectivity index (χ0n) is 27.3. The number of ether oxygens (including phenoxy) is 1. The first-order valence-electron chi connectivity index (χ1n) is 16.2. The molecule has 0 saturated carbocycles. The van der Waals surface area contributed by atoms with Gasteiger partial charge in [0.15, 0.2) is 0 Å². The van der Waals surface area contributed by atoms with Crippen molar-refractivity contribution in [3.63, 3.8) is 0 Å². The maximum Gasteiger partial charge on any atom is 0.253 e. The third-order valence-electron chi connectivity index (χ3n) is 10.5. The van der Waals surface area contributed by atoms with Gasteiger partial charge >= 0.3 is 0 Å². The molecule has 2 aromatic rings. The first-order valence-corrected chi connectivity index (χ1v) is 16.6. The van der Waals surface area contributed by atoms with Crippen LogP contribution in [0.2, 0.25) is 5.02 Å². The number of carbonyl (C=O) groups is 3. The molecule has 3 saturated heterocycles. The Bertz CT molecular complexity index is 1480. The number of fused-ring (bicyclic) bond motifs is 1. The number of nitrogens with zero attached hydrogens (tertiary/aromatic N) is 3. The zero-order chi connectivity index (χ0) is 33.4. The lowest BCUT2D eigenvalue weighted by atomic mass is 9.66. The Morgan fingerprint density at radius 1 is 1.11 bits per heavy atom. The molecule has 2 unspecified atom stereocenters. The van der Waals surface area contributed by atoms with E-state index < -0.39 is 35.1 Å². The predicted octanol–water partition coefficient (Wildman–Crippen LogP) is 5.55. The summed E-state index contributed by atoms with van der Waals surface area (Å²) in [7, 11) is 0. The summed E-state index contributed by atoms with van der Waals surface area (Å²) in [6.45, 7) is 16.0. The van der Waals surface area contributed by atoms with Crippen molar-refractivity contribution < 1.29 is 24.2 Å². The molecule has 5 rings (SSSR count). The van der Waals surface area contributed by atoms with Crippen molar-refractivity contribution in [2.24, 2.45) is 17.8 Å². The van der Waals surface area contributed by atoms with Crippen LogP contribution in [0, 0.1) is 24.7 Å². The second kappa shape index (κ2) is 13.3. The minimum absolute atomic E-state index is 0.119. The summed E-state index contributed by atoms with van der Waals surface area (Å²) in [6.07, 6.45) is 4.94.